The van der Waals surface area contributed by atoms with Crippen LogP contribution in [-0.4, -0.2) is 34.6 Å². The third-order valence-electron chi connectivity index (χ3n) is 3.60. The van der Waals surface area contributed by atoms with Crippen molar-refractivity contribution >= 4 is 12.0 Å². The third kappa shape index (κ3) is 5.10. The second kappa shape index (κ2) is 8.29. The number of hydrogen-bond donors (Lipinski definition) is 2. The van der Waals surface area contributed by atoms with Gasteiger partial charge in [-0.2, -0.15) is 0 Å². The molecule has 0 bridgehead atoms. The maximum atomic E-state index is 12.4. The van der Waals surface area contributed by atoms with Crippen molar-refractivity contribution in [3.63, 3.8) is 0 Å². The smallest absolute Gasteiger partial charge is 0.323 e. The van der Waals surface area contributed by atoms with Crippen molar-refractivity contribution < 1.29 is 14.7 Å². The van der Waals surface area contributed by atoms with Crippen LogP contribution < -0.4 is 5.32 Å². The van der Waals surface area contributed by atoms with Gasteiger partial charge < -0.3 is 15.3 Å². The highest BCUT2D eigenvalue weighted by atomic mass is 16.4. The number of nitrogens with zero attached hydrogens (tertiary/aromatic N) is 1. The second-order valence-electron chi connectivity index (χ2n) is 5.10. The lowest BCUT2D eigenvalue weighted by molar-refractivity contribution is -0.138. The topological polar surface area (TPSA) is 69.6 Å². The number of hydrogen-bond acceptors (Lipinski definition) is 2. The van der Waals surface area contributed by atoms with Gasteiger partial charge in [-0.3, -0.25) is 4.79 Å². The van der Waals surface area contributed by atoms with Gasteiger partial charge in [0.15, 0.2) is 0 Å². The molecule has 116 valence electrons. The lowest BCUT2D eigenvalue weighted by Gasteiger charge is -2.29. The average molecular weight is 292 g/mol. The molecule has 0 aromatic heterocycles. The molecule has 1 rings (SSSR count). The summed E-state index contributed by atoms with van der Waals surface area (Å²) in [6, 6.07) is 9.13. The van der Waals surface area contributed by atoms with E-state index in [1.807, 2.05) is 51.1 Å². The molecule has 0 aliphatic rings. The van der Waals surface area contributed by atoms with Crippen LogP contribution in [0.5, 0.6) is 0 Å². The van der Waals surface area contributed by atoms with Crippen LogP contribution in [0.1, 0.15) is 45.2 Å². The molecule has 0 saturated heterocycles. The standard InChI is InChI=1S/C16H24N2O3/c1-4-12(3)18(11-15(19)20)16(21)17-14(5-2)13-9-7-6-8-10-13/h6-10,12,14H,4-5,11H2,1-3H3,(H,17,21)(H,19,20). The molecule has 21 heavy (non-hydrogen) atoms. The van der Waals surface area contributed by atoms with Gasteiger partial charge in [-0.05, 0) is 25.3 Å². The van der Waals surface area contributed by atoms with Crippen molar-refractivity contribution in [2.24, 2.45) is 0 Å². The van der Waals surface area contributed by atoms with Gasteiger partial charge in [0, 0.05) is 6.04 Å². The van der Waals surface area contributed by atoms with Gasteiger partial charge in [0.2, 0.25) is 0 Å². The van der Waals surface area contributed by atoms with Gasteiger partial charge in [-0.15, -0.1) is 0 Å². The third-order valence-corrected chi connectivity index (χ3v) is 3.60. The molecule has 5 nitrogen and oxygen atoms in total. The molecule has 2 atom stereocenters. The van der Waals surface area contributed by atoms with E-state index in [2.05, 4.69) is 5.32 Å². The number of carboxylic acid groups (broad SMARTS) is 1. The van der Waals surface area contributed by atoms with Gasteiger partial charge in [0.05, 0.1) is 6.04 Å². The van der Waals surface area contributed by atoms with Gasteiger partial charge in [-0.1, -0.05) is 44.2 Å². The zero-order chi connectivity index (χ0) is 15.8. The Labute approximate surface area is 126 Å². The van der Waals surface area contributed by atoms with Crippen LogP contribution in [0.3, 0.4) is 0 Å². The SMILES string of the molecule is CCC(NC(=O)N(CC(=O)O)C(C)CC)c1ccccc1. The summed E-state index contributed by atoms with van der Waals surface area (Å²) in [4.78, 5) is 24.7. The van der Waals surface area contributed by atoms with E-state index in [0.29, 0.717) is 6.42 Å². The quantitative estimate of drug-likeness (QED) is 0.811. The number of urea groups is 1. The van der Waals surface area contributed by atoms with Crippen molar-refractivity contribution in [3.05, 3.63) is 35.9 Å². The number of carbonyl (C=O) groups is 2. The fourth-order valence-electron chi connectivity index (χ4n) is 2.13. The van der Waals surface area contributed by atoms with Crippen LogP contribution in [0, 0.1) is 0 Å². The average Bonchev–Trinajstić information content (AvgIpc) is 2.49. The first-order valence-corrected chi connectivity index (χ1v) is 7.33. The Morgan fingerprint density at radius 3 is 2.29 bits per heavy atom. The van der Waals surface area contributed by atoms with Crippen LogP contribution in [0.4, 0.5) is 4.79 Å². The first-order chi connectivity index (χ1) is 9.99. The Morgan fingerprint density at radius 2 is 1.81 bits per heavy atom. The van der Waals surface area contributed by atoms with E-state index in [4.69, 9.17) is 5.11 Å². The van der Waals surface area contributed by atoms with Crippen molar-refractivity contribution in [1.29, 1.82) is 0 Å². The van der Waals surface area contributed by atoms with E-state index in [9.17, 15) is 9.59 Å². The highest BCUT2D eigenvalue weighted by Gasteiger charge is 2.23. The number of carboxylic acids is 1. The molecule has 0 spiro atoms. The molecule has 0 aliphatic heterocycles. The number of carbonyl (C=O) groups excluding carboxylic acids is 1. The number of nitrogens with one attached hydrogen (secondary N) is 1. The van der Waals surface area contributed by atoms with Crippen LogP contribution in [0.15, 0.2) is 30.3 Å². The summed E-state index contributed by atoms with van der Waals surface area (Å²) in [5.41, 5.74) is 1.02. The Balaban J connectivity index is 2.81. The van der Waals surface area contributed by atoms with E-state index in [1.165, 1.54) is 4.90 Å². The molecule has 2 amide bonds. The summed E-state index contributed by atoms with van der Waals surface area (Å²) >= 11 is 0. The molecule has 0 saturated carbocycles. The highest BCUT2D eigenvalue weighted by Crippen LogP contribution is 2.17. The molecule has 0 aliphatic carbocycles. The summed E-state index contributed by atoms with van der Waals surface area (Å²) in [5, 5.41) is 11.9. The molecule has 1 aromatic rings. The summed E-state index contributed by atoms with van der Waals surface area (Å²) in [7, 11) is 0. The molecule has 1 aromatic carbocycles. The first kappa shape index (κ1) is 17.0. The van der Waals surface area contributed by atoms with Crippen molar-refractivity contribution in [2.75, 3.05) is 6.54 Å². The normalized spacial score (nSPS) is 13.3. The fraction of sp³-hybridized carbons (Fsp3) is 0.500. The van der Waals surface area contributed by atoms with Crippen molar-refractivity contribution in [1.82, 2.24) is 10.2 Å². The van der Waals surface area contributed by atoms with Gasteiger partial charge >= 0.3 is 12.0 Å². The zero-order valence-corrected chi connectivity index (χ0v) is 12.9. The van der Waals surface area contributed by atoms with Gasteiger partial charge in [0.25, 0.3) is 0 Å². The van der Waals surface area contributed by atoms with E-state index in [-0.39, 0.29) is 24.7 Å². The molecule has 2 unspecified atom stereocenters. The lowest BCUT2D eigenvalue weighted by atomic mass is 10.0. The molecule has 0 radical (unpaired) electrons. The number of rotatable bonds is 7. The Kier molecular flexibility index (Phi) is 6.72. The van der Waals surface area contributed by atoms with Crippen LogP contribution in [-0.2, 0) is 4.79 Å². The number of aliphatic carboxylic acids is 1. The minimum absolute atomic E-state index is 0.112. The van der Waals surface area contributed by atoms with Crippen LogP contribution >= 0.6 is 0 Å². The molecule has 2 N–H and O–H groups in total. The van der Waals surface area contributed by atoms with E-state index in [0.717, 1.165) is 12.0 Å². The maximum Gasteiger partial charge on any atom is 0.323 e. The molecule has 0 fully saturated rings. The van der Waals surface area contributed by atoms with Crippen LogP contribution in [0.2, 0.25) is 0 Å². The molecular formula is C16H24N2O3. The van der Waals surface area contributed by atoms with E-state index >= 15 is 0 Å². The predicted molar refractivity (Wildman–Crippen MR) is 82.1 cm³/mol. The Morgan fingerprint density at radius 1 is 1.19 bits per heavy atom. The minimum Gasteiger partial charge on any atom is -0.480 e. The van der Waals surface area contributed by atoms with Crippen molar-refractivity contribution in [2.45, 2.75) is 45.7 Å². The molecular weight excluding hydrogens is 268 g/mol. The largest absolute Gasteiger partial charge is 0.480 e. The fourth-order valence-corrected chi connectivity index (χ4v) is 2.13. The Bertz CT molecular complexity index is 462. The maximum absolute atomic E-state index is 12.4. The summed E-state index contributed by atoms with van der Waals surface area (Å²) in [6.07, 6.45) is 1.46. The minimum atomic E-state index is -1.00. The van der Waals surface area contributed by atoms with Gasteiger partial charge in [-0.25, -0.2) is 4.79 Å². The van der Waals surface area contributed by atoms with Crippen LogP contribution in [0.25, 0.3) is 0 Å². The summed E-state index contributed by atoms with van der Waals surface area (Å²) < 4.78 is 0. The first-order valence-electron chi connectivity index (χ1n) is 7.33. The summed E-state index contributed by atoms with van der Waals surface area (Å²) in [5.74, 6) is -1.00. The van der Waals surface area contributed by atoms with Crippen molar-refractivity contribution in [3.8, 4) is 0 Å². The Hall–Kier alpha value is -2.04. The molecule has 0 heterocycles. The summed E-state index contributed by atoms with van der Waals surface area (Å²) in [6.45, 7) is 5.49. The van der Waals surface area contributed by atoms with Gasteiger partial charge in [0.1, 0.15) is 6.54 Å². The number of benzene rings is 1. The van der Waals surface area contributed by atoms with E-state index < -0.39 is 5.97 Å². The second-order valence-corrected chi connectivity index (χ2v) is 5.10. The predicted octanol–water partition coefficient (Wildman–Crippen LogP) is 3.03. The van der Waals surface area contributed by atoms with E-state index in [1.54, 1.807) is 0 Å². The zero-order valence-electron chi connectivity index (χ0n) is 12.9. The molecule has 5 heteroatoms. The highest BCUT2D eigenvalue weighted by molar-refractivity contribution is 5.80. The monoisotopic (exact) mass is 292 g/mol. The number of amides is 2. The lowest BCUT2D eigenvalue weighted by Crippen LogP contribution is -2.48.